The first kappa shape index (κ1) is 10.3. The average Bonchev–Trinajstić information content (AvgIpc) is 2.15. The van der Waals surface area contributed by atoms with Crippen LogP contribution in [0.25, 0.3) is 0 Å². The van der Waals surface area contributed by atoms with Gasteiger partial charge in [-0.25, -0.2) is 4.79 Å². The van der Waals surface area contributed by atoms with E-state index in [4.69, 9.17) is 9.84 Å². The summed E-state index contributed by atoms with van der Waals surface area (Å²) in [5.74, 6) is 0. The van der Waals surface area contributed by atoms with Crippen LogP contribution in [0.2, 0.25) is 0 Å². The van der Waals surface area contributed by atoms with Crippen LogP contribution < -0.4 is 0 Å². The quantitative estimate of drug-likeness (QED) is 0.729. The number of hydrogen-bond donors (Lipinski definition) is 1. The SMILES string of the molecule is CCCOC1CCN(C(=O)O)CC1. The van der Waals surface area contributed by atoms with Crippen molar-refractivity contribution in [2.24, 2.45) is 0 Å². The molecule has 1 rings (SSSR count). The van der Waals surface area contributed by atoms with Crippen LogP contribution in [0.5, 0.6) is 0 Å². The lowest BCUT2D eigenvalue weighted by atomic mass is 10.1. The first-order valence-electron chi connectivity index (χ1n) is 4.83. The maximum Gasteiger partial charge on any atom is 0.407 e. The van der Waals surface area contributed by atoms with Crippen LogP contribution in [0.4, 0.5) is 4.79 Å². The van der Waals surface area contributed by atoms with E-state index in [2.05, 4.69) is 6.92 Å². The highest BCUT2D eigenvalue weighted by Gasteiger charge is 2.22. The van der Waals surface area contributed by atoms with Gasteiger partial charge in [0.1, 0.15) is 0 Å². The molecule has 76 valence electrons. The lowest BCUT2D eigenvalue weighted by Gasteiger charge is -2.29. The molecule has 0 unspecified atom stereocenters. The molecule has 1 aliphatic heterocycles. The third-order valence-electron chi connectivity index (χ3n) is 2.27. The van der Waals surface area contributed by atoms with Gasteiger partial charge in [0.25, 0.3) is 0 Å². The second-order valence-corrected chi connectivity index (χ2v) is 3.34. The van der Waals surface area contributed by atoms with Crippen molar-refractivity contribution in [3.05, 3.63) is 0 Å². The Hall–Kier alpha value is -0.770. The zero-order chi connectivity index (χ0) is 9.68. The van der Waals surface area contributed by atoms with Gasteiger partial charge in [-0.2, -0.15) is 0 Å². The summed E-state index contributed by atoms with van der Waals surface area (Å²) in [4.78, 5) is 12.0. The molecule has 0 aromatic rings. The predicted octanol–water partition coefficient (Wildman–Crippen LogP) is 1.56. The first-order chi connectivity index (χ1) is 6.24. The van der Waals surface area contributed by atoms with Crippen LogP contribution in [0, 0.1) is 0 Å². The van der Waals surface area contributed by atoms with Gasteiger partial charge in [0.05, 0.1) is 6.10 Å². The zero-order valence-corrected chi connectivity index (χ0v) is 8.03. The number of hydrogen-bond acceptors (Lipinski definition) is 2. The molecular weight excluding hydrogens is 170 g/mol. The van der Waals surface area contributed by atoms with Gasteiger partial charge in [-0.15, -0.1) is 0 Å². The monoisotopic (exact) mass is 187 g/mol. The Morgan fingerprint density at radius 3 is 2.62 bits per heavy atom. The molecule has 1 aliphatic rings. The van der Waals surface area contributed by atoms with Gasteiger partial charge < -0.3 is 14.7 Å². The van der Waals surface area contributed by atoms with Crippen molar-refractivity contribution in [1.29, 1.82) is 0 Å². The molecule has 13 heavy (non-hydrogen) atoms. The summed E-state index contributed by atoms with van der Waals surface area (Å²) < 4.78 is 5.54. The van der Waals surface area contributed by atoms with Gasteiger partial charge >= 0.3 is 6.09 Å². The predicted molar refractivity (Wildman–Crippen MR) is 48.9 cm³/mol. The molecule has 0 radical (unpaired) electrons. The second-order valence-electron chi connectivity index (χ2n) is 3.34. The molecule has 0 aromatic carbocycles. The summed E-state index contributed by atoms with van der Waals surface area (Å²) >= 11 is 0. The Balaban J connectivity index is 2.18. The lowest BCUT2D eigenvalue weighted by Crippen LogP contribution is -2.40. The molecule has 1 N–H and O–H groups in total. The molecule has 0 aliphatic carbocycles. The van der Waals surface area contributed by atoms with Gasteiger partial charge in [-0.3, -0.25) is 0 Å². The number of ether oxygens (including phenoxy) is 1. The third kappa shape index (κ3) is 3.22. The molecule has 0 saturated carbocycles. The van der Waals surface area contributed by atoms with Crippen molar-refractivity contribution in [2.75, 3.05) is 19.7 Å². The Morgan fingerprint density at radius 1 is 1.54 bits per heavy atom. The molecule has 0 aromatic heterocycles. The average molecular weight is 187 g/mol. The molecule has 4 nitrogen and oxygen atoms in total. The van der Waals surface area contributed by atoms with Crippen molar-refractivity contribution in [2.45, 2.75) is 32.3 Å². The molecule has 4 heteroatoms. The normalized spacial score (nSPS) is 19.0. The minimum Gasteiger partial charge on any atom is -0.465 e. The fourth-order valence-electron chi connectivity index (χ4n) is 1.50. The Kier molecular flexibility index (Phi) is 4.02. The molecule has 0 spiro atoms. The summed E-state index contributed by atoms with van der Waals surface area (Å²) in [5.41, 5.74) is 0. The maximum absolute atomic E-state index is 10.6. The fourth-order valence-corrected chi connectivity index (χ4v) is 1.50. The summed E-state index contributed by atoms with van der Waals surface area (Å²) in [6, 6.07) is 0. The molecule has 0 atom stereocenters. The van der Waals surface area contributed by atoms with Gasteiger partial charge in [0, 0.05) is 19.7 Å². The standard InChI is InChI=1S/C9H17NO3/c1-2-7-13-8-3-5-10(6-4-8)9(11)12/h8H,2-7H2,1H3,(H,11,12). The summed E-state index contributed by atoms with van der Waals surface area (Å²) in [6.07, 6.45) is 2.17. The molecule has 1 heterocycles. The van der Waals surface area contributed by atoms with Crippen LogP contribution in [0.15, 0.2) is 0 Å². The summed E-state index contributed by atoms with van der Waals surface area (Å²) in [7, 11) is 0. The van der Waals surface area contributed by atoms with Crippen LogP contribution in [-0.2, 0) is 4.74 Å². The zero-order valence-electron chi connectivity index (χ0n) is 8.03. The fraction of sp³-hybridized carbons (Fsp3) is 0.889. The number of rotatable bonds is 3. The molecule has 0 bridgehead atoms. The van der Waals surface area contributed by atoms with Crippen molar-refractivity contribution in [3.63, 3.8) is 0 Å². The van der Waals surface area contributed by atoms with E-state index in [9.17, 15) is 4.79 Å². The molecule has 1 amide bonds. The molecule has 1 saturated heterocycles. The number of nitrogens with zero attached hydrogens (tertiary/aromatic N) is 1. The van der Waals surface area contributed by atoms with E-state index in [1.807, 2.05) is 0 Å². The Morgan fingerprint density at radius 2 is 2.15 bits per heavy atom. The molecular formula is C9H17NO3. The third-order valence-corrected chi connectivity index (χ3v) is 2.27. The van der Waals surface area contributed by atoms with Crippen molar-refractivity contribution >= 4 is 6.09 Å². The number of amides is 1. The Labute approximate surface area is 78.5 Å². The van der Waals surface area contributed by atoms with Crippen molar-refractivity contribution < 1.29 is 14.6 Å². The van der Waals surface area contributed by atoms with Crippen LogP contribution >= 0.6 is 0 Å². The van der Waals surface area contributed by atoms with E-state index in [-0.39, 0.29) is 6.10 Å². The minimum atomic E-state index is -0.811. The van der Waals surface area contributed by atoms with E-state index < -0.39 is 6.09 Å². The number of piperidine rings is 1. The lowest BCUT2D eigenvalue weighted by molar-refractivity contribution is 0.0105. The summed E-state index contributed by atoms with van der Waals surface area (Å²) in [5, 5.41) is 8.69. The minimum absolute atomic E-state index is 0.274. The highest BCUT2D eigenvalue weighted by Crippen LogP contribution is 2.13. The second kappa shape index (κ2) is 5.07. The van der Waals surface area contributed by atoms with Crippen LogP contribution in [0.1, 0.15) is 26.2 Å². The van der Waals surface area contributed by atoms with E-state index >= 15 is 0 Å². The number of likely N-dealkylation sites (tertiary alicyclic amines) is 1. The maximum atomic E-state index is 10.6. The van der Waals surface area contributed by atoms with Gasteiger partial charge in [-0.1, -0.05) is 6.92 Å². The van der Waals surface area contributed by atoms with Crippen molar-refractivity contribution in [1.82, 2.24) is 4.90 Å². The first-order valence-corrected chi connectivity index (χ1v) is 4.83. The van der Waals surface area contributed by atoms with E-state index in [1.54, 1.807) is 0 Å². The topological polar surface area (TPSA) is 49.8 Å². The number of carboxylic acid groups (broad SMARTS) is 1. The number of carbonyl (C=O) groups is 1. The van der Waals surface area contributed by atoms with Gasteiger partial charge in [-0.05, 0) is 19.3 Å². The van der Waals surface area contributed by atoms with Crippen LogP contribution in [0.3, 0.4) is 0 Å². The van der Waals surface area contributed by atoms with E-state index in [0.717, 1.165) is 25.9 Å². The van der Waals surface area contributed by atoms with E-state index in [1.165, 1.54) is 4.90 Å². The highest BCUT2D eigenvalue weighted by molar-refractivity contribution is 5.64. The van der Waals surface area contributed by atoms with E-state index in [0.29, 0.717) is 13.1 Å². The smallest absolute Gasteiger partial charge is 0.407 e. The van der Waals surface area contributed by atoms with Gasteiger partial charge in [0.2, 0.25) is 0 Å². The largest absolute Gasteiger partial charge is 0.465 e. The Bertz CT molecular complexity index is 164. The van der Waals surface area contributed by atoms with Crippen LogP contribution in [-0.4, -0.2) is 41.9 Å². The molecule has 1 fully saturated rings. The summed E-state index contributed by atoms with van der Waals surface area (Å²) in [6.45, 7) is 4.09. The highest BCUT2D eigenvalue weighted by atomic mass is 16.5. The van der Waals surface area contributed by atoms with Gasteiger partial charge in [0.15, 0.2) is 0 Å². The van der Waals surface area contributed by atoms with Crippen molar-refractivity contribution in [3.8, 4) is 0 Å².